The van der Waals surface area contributed by atoms with E-state index in [1.807, 2.05) is 5.16 Å². The summed E-state index contributed by atoms with van der Waals surface area (Å²) in [6, 6.07) is 0. The van der Waals surface area contributed by atoms with Crippen LogP contribution in [0.4, 0.5) is 0 Å². The van der Waals surface area contributed by atoms with E-state index in [-0.39, 0.29) is 0 Å². The van der Waals surface area contributed by atoms with E-state index in [4.69, 9.17) is 0 Å². The predicted molar refractivity (Wildman–Crippen MR) is 24.6 cm³/mol. The van der Waals surface area contributed by atoms with Crippen LogP contribution in [0.2, 0.25) is 0 Å². The first-order valence-electron chi connectivity index (χ1n) is 1.96. The van der Waals surface area contributed by atoms with Crippen molar-refractivity contribution in [1.82, 2.24) is 9.72 Å². The Bertz CT molecular complexity index is 250. The predicted octanol–water partition coefficient (Wildman–Crippen LogP) is -1.33. The molecule has 1 N–H and O–H groups in total. The van der Waals surface area contributed by atoms with E-state index in [0.29, 0.717) is 0 Å². The minimum Gasteiger partial charge on any atom is -0.320 e. The van der Waals surface area contributed by atoms with Crippen LogP contribution in [-0.4, -0.2) is 9.72 Å². The van der Waals surface area contributed by atoms with Crippen molar-refractivity contribution >= 4 is 0 Å². The number of nitrogens with one attached hydrogen (secondary N) is 1. The van der Waals surface area contributed by atoms with Crippen molar-refractivity contribution in [2.45, 2.75) is 0 Å². The van der Waals surface area contributed by atoms with E-state index in [1.54, 1.807) is 0 Å². The smallest absolute Gasteiger partial charge is 0.320 e. The second-order valence-corrected chi connectivity index (χ2v) is 1.33. The first-order valence-corrected chi connectivity index (χ1v) is 1.96. The van der Waals surface area contributed by atoms with Gasteiger partial charge in [0.15, 0.2) is 0 Å². The second-order valence-electron chi connectivity index (χ2n) is 1.33. The summed E-state index contributed by atoms with van der Waals surface area (Å²) in [5, 5.41) is 1.86. The molecule has 5 heteroatoms. The van der Waals surface area contributed by atoms with Gasteiger partial charge in [0.05, 0.1) is 0 Å². The van der Waals surface area contributed by atoms with Gasteiger partial charge in [-0.15, -0.1) is 0 Å². The summed E-state index contributed by atoms with van der Waals surface area (Å²) in [4.78, 5) is 20.5. The van der Waals surface area contributed by atoms with Crippen LogP contribution in [0, 0.1) is 0 Å². The number of aromatic nitrogens is 2. The van der Waals surface area contributed by atoms with Crippen molar-refractivity contribution in [3.05, 3.63) is 21.0 Å². The van der Waals surface area contributed by atoms with Crippen LogP contribution >= 0.6 is 0 Å². The zero-order valence-corrected chi connectivity index (χ0v) is 4.17. The van der Waals surface area contributed by atoms with Crippen LogP contribution in [0.3, 0.4) is 0 Å². The fourth-order valence-electron chi connectivity index (χ4n) is 0.307. The Labute approximate surface area is 43.5 Å². The van der Waals surface area contributed by atoms with Gasteiger partial charge in [-0.25, -0.2) is 14.2 Å². The molecule has 0 radical (unpaired) electrons. The highest BCUT2D eigenvalue weighted by molar-refractivity contribution is 4.54. The maximum Gasteiger partial charge on any atom is 0.442 e. The molecule has 0 aliphatic carbocycles. The van der Waals surface area contributed by atoms with Gasteiger partial charge in [0.25, 0.3) is 0 Å². The zero-order chi connectivity index (χ0) is 6.15. The van der Waals surface area contributed by atoms with Crippen LogP contribution in [0.1, 0.15) is 0 Å². The molecule has 0 aromatic carbocycles. The van der Waals surface area contributed by atoms with E-state index >= 15 is 0 Å². The number of aromatic amines is 1. The van der Waals surface area contributed by atoms with E-state index in [9.17, 15) is 9.59 Å². The SMILES string of the molecule is Cn1c(=O)[nH]oc1=O. The van der Waals surface area contributed by atoms with Crippen molar-refractivity contribution in [2.75, 3.05) is 0 Å². The van der Waals surface area contributed by atoms with Gasteiger partial charge >= 0.3 is 11.4 Å². The Morgan fingerprint density at radius 1 is 1.62 bits per heavy atom. The van der Waals surface area contributed by atoms with Crippen molar-refractivity contribution in [2.24, 2.45) is 7.05 Å². The Morgan fingerprint density at radius 2 is 2.25 bits per heavy atom. The standard InChI is InChI=1S/C3H4N2O3/c1-5-2(6)4-8-3(5)7/h1H3,(H,4,6). The van der Waals surface area contributed by atoms with Crippen LogP contribution in [0.25, 0.3) is 0 Å². The van der Waals surface area contributed by atoms with Crippen molar-refractivity contribution in [3.8, 4) is 0 Å². The van der Waals surface area contributed by atoms with Gasteiger partial charge in [-0.2, -0.15) is 5.16 Å². The van der Waals surface area contributed by atoms with Crippen LogP contribution < -0.4 is 11.4 Å². The second kappa shape index (κ2) is 1.36. The highest BCUT2D eigenvalue weighted by Crippen LogP contribution is 1.52. The molecule has 1 aromatic rings. The van der Waals surface area contributed by atoms with Crippen LogP contribution in [0.15, 0.2) is 14.1 Å². The summed E-state index contributed by atoms with van der Waals surface area (Å²) >= 11 is 0. The summed E-state index contributed by atoms with van der Waals surface area (Å²) in [6.07, 6.45) is 0. The minimum atomic E-state index is -0.671. The van der Waals surface area contributed by atoms with Gasteiger partial charge in [0, 0.05) is 7.05 Å². The van der Waals surface area contributed by atoms with Crippen LogP contribution in [0.5, 0.6) is 0 Å². The summed E-state index contributed by atoms with van der Waals surface area (Å²) in [7, 11) is 1.32. The monoisotopic (exact) mass is 116 g/mol. The first-order chi connectivity index (χ1) is 3.72. The van der Waals surface area contributed by atoms with E-state index in [0.717, 1.165) is 4.57 Å². The average molecular weight is 116 g/mol. The van der Waals surface area contributed by atoms with Gasteiger partial charge < -0.3 is 4.52 Å². The van der Waals surface area contributed by atoms with Crippen LogP contribution in [-0.2, 0) is 7.05 Å². The molecule has 0 fully saturated rings. The highest BCUT2D eigenvalue weighted by Gasteiger charge is 1.94. The fourth-order valence-corrected chi connectivity index (χ4v) is 0.307. The molecule has 0 aliphatic rings. The summed E-state index contributed by atoms with van der Waals surface area (Å²) < 4.78 is 4.90. The Morgan fingerprint density at radius 3 is 2.38 bits per heavy atom. The molecule has 0 saturated carbocycles. The first kappa shape index (κ1) is 4.89. The molecule has 0 aliphatic heterocycles. The molecule has 0 bridgehead atoms. The molecule has 1 rings (SSSR count). The summed E-state index contributed by atoms with van der Waals surface area (Å²) in [6.45, 7) is 0. The molecular weight excluding hydrogens is 112 g/mol. The number of hydrogen-bond donors (Lipinski definition) is 1. The van der Waals surface area contributed by atoms with Gasteiger partial charge in [0.2, 0.25) is 0 Å². The number of H-pyrrole nitrogens is 1. The minimum absolute atomic E-state index is 0.532. The molecule has 0 amide bonds. The lowest BCUT2D eigenvalue weighted by atomic mass is 11.1. The Balaban J connectivity index is 3.66. The fraction of sp³-hybridized carbons (Fsp3) is 0.333. The lowest BCUT2D eigenvalue weighted by molar-refractivity contribution is 0.377. The van der Waals surface area contributed by atoms with Crippen molar-refractivity contribution in [3.63, 3.8) is 0 Å². The third-order valence-electron chi connectivity index (χ3n) is 0.804. The number of hydrogen-bond acceptors (Lipinski definition) is 3. The lowest BCUT2D eigenvalue weighted by Crippen LogP contribution is -2.21. The normalized spacial score (nSPS) is 9.62. The van der Waals surface area contributed by atoms with E-state index in [1.165, 1.54) is 7.05 Å². The van der Waals surface area contributed by atoms with E-state index in [2.05, 4.69) is 4.52 Å². The maximum atomic E-state index is 10.3. The third kappa shape index (κ3) is 0.481. The van der Waals surface area contributed by atoms with Crippen molar-refractivity contribution < 1.29 is 4.52 Å². The molecule has 1 aromatic heterocycles. The molecule has 0 atom stereocenters. The largest absolute Gasteiger partial charge is 0.442 e. The molecular formula is C3H4N2O3. The average Bonchev–Trinajstić information content (AvgIpc) is 1.98. The summed E-state index contributed by atoms with van der Waals surface area (Å²) in [5.74, 6) is -0.671. The Hall–Kier alpha value is -1.26. The molecule has 5 nitrogen and oxygen atoms in total. The van der Waals surface area contributed by atoms with Gasteiger partial charge in [0.1, 0.15) is 0 Å². The lowest BCUT2D eigenvalue weighted by Gasteiger charge is -1.71. The molecule has 44 valence electrons. The Kier molecular flexibility index (Phi) is 0.831. The molecule has 0 saturated heterocycles. The van der Waals surface area contributed by atoms with E-state index < -0.39 is 11.4 Å². The quantitative estimate of drug-likeness (QED) is 0.456. The molecule has 0 unspecified atom stereocenters. The third-order valence-corrected chi connectivity index (χ3v) is 0.804. The number of nitrogens with zero attached hydrogens (tertiary/aromatic N) is 1. The summed E-state index contributed by atoms with van der Waals surface area (Å²) in [5.41, 5.74) is -0.532. The van der Waals surface area contributed by atoms with Gasteiger partial charge in [-0.05, 0) is 0 Å². The van der Waals surface area contributed by atoms with Crippen molar-refractivity contribution in [1.29, 1.82) is 0 Å². The van der Waals surface area contributed by atoms with Gasteiger partial charge in [-0.1, -0.05) is 0 Å². The van der Waals surface area contributed by atoms with Gasteiger partial charge in [-0.3, -0.25) is 0 Å². The molecule has 1 heterocycles. The topological polar surface area (TPSA) is 68.0 Å². The zero-order valence-electron chi connectivity index (χ0n) is 4.17. The molecule has 8 heavy (non-hydrogen) atoms. The number of rotatable bonds is 0. The highest BCUT2D eigenvalue weighted by atomic mass is 16.5. The maximum absolute atomic E-state index is 10.3. The molecule has 0 spiro atoms.